The van der Waals surface area contributed by atoms with E-state index in [0.717, 1.165) is 25.3 Å². The molecule has 0 radical (unpaired) electrons. The van der Waals surface area contributed by atoms with Crippen LogP contribution >= 0.6 is 0 Å². The third kappa shape index (κ3) is 3.11. The van der Waals surface area contributed by atoms with Crippen molar-refractivity contribution >= 4 is 10.8 Å². The summed E-state index contributed by atoms with van der Waals surface area (Å²) in [5.41, 5.74) is 1.39. The first-order valence-corrected chi connectivity index (χ1v) is 8.11. The fourth-order valence-electron chi connectivity index (χ4n) is 3.61. The molecule has 22 heavy (non-hydrogen) atoms. The fraction of sp³-hybridized carbons (Fsp3) is 0.474. The van der Waals surface area contributed by atoms with Crippen LogP contribution in [0.5, 0.6) is 5.75 Å². The highest BCUT2D eigenvalue weighted by Gasteiger charge is 2.25. The molecule has 0 aliphatic carbocycles. The lowest BCUT2D eigenvalue weighted by molar-refractivity contribution is 0.141. The monoisotopic (exact) mass is 299 g/mol. The minimum absolute atomic E-state index is 0.616. The largest absolute Gasteiger partial charge is 0.496 e. The number of likely N-dealkylation sites (tertiary alicyclic amines) is 1. The highest BCUT2D eigenvalue weighted by Crippen LogP contribution is 2.31. The highest BCUT2D eigenvalue weighted by molar-refractivity contribution is 5.91. The average Bonchev–Trinajstić information content (AvgIpc) is 2.99. The third-order valence-electron chi connectivity index (χ3n) is 4.71. The van der Waals surface area contributed by atoms with Gasteiger partial charge in [-0.05, 0) is 42.8 Å². The first-order valence-electron chi connectivity index (χ1n) is 8.11. The quantitative estimate of drug-likeness (QED) is 0.815. The Hall–Kier alpha value is -1.58. The zero-order chi connectivity index (χ0) is 15.4. The van der Waals surface area contributed by atoms with Crippen LogP contribution < -0.4 is 4.74 Å². The molecular weight excluding hydrogens is 274 g/mol. The molecule has 0 amide bonds. The molecule has 1 heterocycles. The van der Waals surface area contributed by atoms with Gasteiger partial charge in [-0.2, -0.15) is 0 Å². The molecule has 2 aromatic carbocycles. The zero-order valence-corrected chi connectivity index (χ0v) is 13.5. The van der Waals surface area contributed by atoms with Crippen molar-refractivity contribution in [2.75, 3.05) is 33.9 Å². The Kier molecular flexibility index (Phi) is 4.96. The first kappa shape index (κ1) is 15.3. The van der Waals surface area contributed by atoms with Crippen molar-refractivity contribution in [3.63, 3.8) is 0 Å². The van der Waals surface area contributed by atoms with Crippen molar-refractivity contribution in [2.24, 2.45) is 0 Å². The highest BCUT2D eigenvalue weighted by atomic mass is 16.5. The molecule has 3 nitrogen and oxygen atoms in total. The smallest absolute Gasteiger partial charge is 0.126 e. The van der Waals surface area contributed by atoms with E-state index in [-0.39, 0.29) is 0 Å². The van der Waals surface area contributed by atoms with Gasteiger partial charge in [0.1, 0.15) is 5.75 Å². The molecule has 118 valence electrons. The van der Waals surface area contributed by atoms with Gasteiger partial charge in [0.25, 0.3) is 0 Å². The predicted molar refractivity (Wildman–Crippen MR) is 90.7 cm³/mol. The summed E-state index contributed by atoms with van der Waals surface area (Å²) in [4.78, 5) is 2.57. The van der Waals surface area contributed by atoms with Crippen molar-refractivity contribution in [1.82, 2.24) is 4.90 Å². The topological polar surface area (TPSA) is 21.7 Å². The molecule has 3 heteroatoms. The summed E-state index contributed by atoms with van der Waals surface area (Å²) in [6.45, 7) is 3.04. The molecule has 2 aromatic rings. The van der Waals surface area contributed by atoms with E-state index in [0.29, 0.717) is 6.04 Å². The van der Waals surface area contributed by atoms with Crippen molar-refractivity contribution < 1.29 is 9.47 Å². The Morgan fingerprint density at radius 2 is 1.95 bits per heavy atom. The van der Waals surface area contributed by atoms with E-state index < -0.39 is 0 Å². The van der Waals surface area contributed by atoms with Crippen LogP contribution in [0.4, 0.5) is 0 Å². The number of fused-ring (bicyclic) bond motifs is 1. The van der Waals surface area contributed by atoms with Crippen molar-refractivity contribution in [3.8, 4) is 5.75 Å². The van der Waals surface area contributed by atoms with Crippen LogP contribution in [0.2, 0.25) is 0 Å². The Morgan fingerprint density at radius 3 is 2.73 bits per heavy atom. The van der Waals surface area contributed by atoms with Gasteiger partial charge in [0.15, 0.2) is 0 Å². The number of hydrogen-bond acceptors (Lipinski definition) is 3. The fourth-order valence-corrected chi connectivity index (χ4v) is 3.61. The summed E-state index contributed by atoms with van der Waals surface area (Å²) in [6.07, 6.45) is 3.65. The Bertz CT molecular complexity index is 621. The summed E-state index contributed by atoms with van der Waals surface area (Å²) >= 11 is 0. The molecule has 1 aliphatic heterocycles. The van der Waals surface area contributed by atoms with E-state index in [2.05, 4.69) is 41.3 Å². The van der Waals surface area contributed by atoms with E-state index in [1.54, 1.807) is 14.2 Å². The summed E-state index contributed by atoms with van der Waals surface area (Å²) in [5, 5.41) is 2.53. The maximum atomic E-state index is 5.59. The number of ether oxygens (including phenoxy) is 2. The molecule has 1 saturated heterocycles. The van der Waals surface area contributed by atoms with Crippen LogP contribution in [0.15, 0.2) is 36.4 Å². The predicted octanol–water partition coefficient (Wildman–Crippen LogP) is 3.50. The summed E-state index contributed by atoms with van der Waals surface area (Å²) < 4.78 is 10.8. The molecule has 1 aliphatic rings. The molecule has 0 bridgehead atoms. The zero-order valence-electron chi connectivity index (χ0n) is 13.5. The van der Waals surface area contributed by atoms with Crippen LogP contribution in [0.3, 0.4) is 0 Å². The molecule has 0 N–H and O–H groups in total. The van der Waals surface area contributed by atoms with Gasteiger partial charge in [0, 0.05) is 25.1 Å². The Morgan fingerprint density at radius 1 is 1.14 bits per heavy atom. The summed E-state index contributed by atoms with van der Waals surface area (Å²) in [5.74, 6) is 0.981. The van der Waals surface area contributed by atoms with Gasteiger partial charge in [-0.3, -0.25) is 4.90 Å². The normalized spacial score (nSPS) is 18.9. The van der Waals surface area contributed by atoms with Crippen molar-refractivity contribution in [1.29, 1.82) is 0 Å². The summed E-state index contributed by atoms with van der Waals surface area (Å²) in [7, 11) is 3.53. The van der Waals surface area contributed by atoms with Crippen molar-refractivity contribution in [3.05, 3.63) is 42.0 Å². The maximum Gasteiger partial charge on any atom is 0.126 e. The lowest BCUT2D eigenvalue weighted by atomic mass is 9.97. The molecule has 0 unspecified atom stereocenters. The van der Waals surface area contributed by atoms with Gasteiger partial charge in [0.05, 0.1) is 13.7 Å². The number of nitrogens with zero attached hydrogens (tertiary/aromatic N) is 1. The average molecular weight is 299 g/mol. The Balaban J connectivity index is 1.87. The number of rotatable bonds is 6. The van der Waals surface area contributed by atoms with E-state index >= 15 is 0 Å². The number of hydrogen-bond donors (Lipinski definition) is 0. The van der Waals surface area contributed by atoms with E-state index in [1.807, 2.05) is 0 Å². The van der Waals surface area contributed by atoms with E-state index in [1.165, 1.54) is 35.7 Å². The standard InChI is InChI=1S/C19H25NO2/c1-21-13-12-20-11-5-9-17(20)14-16-8-3-6-15-7-4-10-18(22-2)19(15)16/h3-4,6-8,10,17H,5,9,11-14H2,1-2H3/t17-/m0/s1. The second kappa shape index (κ2) is 7.12. The van der Waals surface area contributed by atoms with Gasteiger partial charge in [-0.25, -0.2) is 0 Å². The number of benzene rings is 2. The lowest BCUT2D eigenvalue weighted by Crippen LogP contribution is -2.33. The van der Waals surface area contributed by atoms with Gasteiger partial charge in [-0.15, -0.1) is 0 Å². The lowest BCUT2D eigenvalue weighted by Gasteiger charge is -2.25. The molecule has 0 aromatic heterocycles. The van der Waals surface area contributed by atoms with Gasteiger partial charge in [0.2, 0.25) is 0 Å². The molecule has 1 atom stereocenters. The Labute approximate surface area is 132 Å². The SMILES string of the molecule is COCCN1CCC[C@H]1Cc1cccc2cccc(OC)c12. The van der Waals surface area contributed by atoms with Crippen LogP contribution in [-0.4, -0.2) is 44.9 Å². The second-order valence-corrected chi connectivity index (χ2v) is 6.00. The minimum atomic E-state index is 0.616. The van der Waals surface area contributed by atoms with Gasteiger partial charge in [-0.1, -0.05) is 30.3 Å². The molecule has 1 fully saturated rings. The maximum absolute atomic E-state index is 5.59. The van der Waals surface area contributed by atoms with Gasteiger partial charge < -0.3 is 9.47 Å². The van der Waals surface area contributed by atoms with Crippen LogP contribution in [0, 0.1) is 0 Å². The third-order valence-corrected chi connectivity index (χ3v) is 4.71. The minimum Gasteiger partial charge on any atom is -0.496 e. The molecule has 0 saturated carbocycles. The van der Waals surface area contributed by atoms with Crippen LogP contribution in [0.25, 0.3) is 10.8 Å². The summed E-state index contributed by atoms with van der Waals surface area (Å²) in [6, 6.07) is 13.5. The van der Waals surface area contributed by atoms with Crippen molar-refractivity contribution in [2.45, 2.75) is 25.3 Å². The van der Waals surface area contributed by atoms with Crippen LogP contribution in [-0.2, 0) is 11.2 Å². The molecule has 0 spiro atoms. The van der Waals surface area contributed by atoms with E-state index in [9.17, 15) is 0 Å². The second-order valence-electron chi connectivity index (χ2n) is 6.00. The first-order chi connectivity index (χ1) is 10.8. The molecule has 3 rings (SSSR count). The number of methoxy groups -OCH3 is 2. The van der Waals surface area contributed by atoms with Crippen LogP contribution in [0.1, 0.15) is 18.4 Å². The molecular formula is C19H25NO2. The van der Waals surface area contributed by atoms with Gasteiger partial charge >= 0.3 is 0 Å². The van der Waals surface area contributed by atoms with E-state index in [4.69, 9.17) is 9.47 Å².